The minimum absolute atomic E-state index is 0.328. The van der Waals surface area contributed by atoms with Crippen LogP contribution in [0.5, 0.6) is 0 Å². The average Bonchev–Trinajstić information content (AvgIpc) is 3.27. The van der Waals surface area contributed by atoms with Crippen molar-refractivity contribution in [1.29, 1.82) is 0 Å². The third kappa shape index (κ3) is 3.05. The molecule has 1 atom stereocenters. The number of nitrogens with zero attached hydrogens (tertiary/aromatic N) is 6. The van der Waals surface area contributed by atoms with Crippen molar-refractivity contribution in [3.63, 3.8) is 0 Å². The van der Waals surface area contributed by atoms with Crippen LogP contribution in [0.15, 0.2) is 28.9 Å². The zero-order chi connectivity index (χ0) is 16.4. The molecule has 0 radical (unpaired) electrons. The Morgan fingerprint density at radius 2 is 2.29 bits per heavy atom. The van der Waals surface area contributed by atoms with E-state index >= 15 is 0 Å². The summed E-state index contributed by atoms with van der Waals surface area (Å²) in [4.78, 5) is 13.1. The van der Waals surface area contributed by atoms with Crippen molar-refractivity contribution >= 4 is 0 Å². The molecule has 0 amide bonds. The first kappa shape index (κ1) is 14.9. The van der Waals surface area contributed by atoms with Crippen LogP contribution in [0.1, 0.15) is 30.9 Å². The van der Waals surface area contributed by atoms with Gasteiger partial charge in [-0.15, -0.1) is 0 Å². The van der Waals surface area contributed by atoms with Crippen LogP contribution in [-0.4, -0.2) is 35.9 Å². The summed E-state index contributed by atoms with van der Waals surface area (Å²) < 4.78 is 7.31. The van der Waals surface area contributed by atoms with Gasteiger partial charge >= 0.3 is 0 Å². The summed E-state index contributed by atoms with van der Waals surface area (Å²) in [6, 6.07) is 5.95. The number of aromatic nitrogens is 6. The van der Waals surface area contributed by atoms with Crippen molar-refractivity contribution < 1.29 is 4.52 Å². The fourth-order valence-electron chi connectivity index (χ4n) is 2.83. The normalized spacial score (nSPS) is 17.0. The summed E-state index contributed by atoms with van der Waals surface area (Å²) in [5.74, 6) is 3.08. The number of fused-ring (bicyclic) bond motifs is 1. The Kier molecular flexibility index (Phi) is 4.04. The van der Waals surface area contributed by atoms with Crippen molar-refractivity contribution in [2.24, 2.45) is 0 Å². The Hall–Kier alpha value is -2.61. The van der Waals surface area contributed by atoms with Gasteiger partial charge in [0.2, 0.25) is 11.7 Å². The monoisotopic (exact) mass is 325 g/mol. The number of nitrogens with one attached hydrogen (secondary N) is 1. The Labute approximate surface area is 139 Å². The standard InChI is InChI=1S/C16H19N7O/c1-2-13-19-14-7-6-11(10-23(14)21-13)18-9-15-20-16(22-24-15)12-5-3-4-8-17-12/h3-5,8,11,18H,2,6-7,9-10H2,1H3/t11-/m0/s1. The molecule has 8 nitrogen and oxygen atoms in total. The third-order valence-electron chi connectivity index (χ3n) is 4.12. The Bertz CT molecular complexity index is 811. The maximum Gasteiger partial charge on any atom is 0.240 e. The number of aryl methyl sites for hydroxylation is 2. The highest BCUT2D eigenvalue weighted by molar-refractivity contribution is 5.46. The molecule has 124 valence electrons. The lowest BCUT2D eigenvalue weighted by atomic mass is 10.1. The first-order valence-electron chi connectivity index (χ1n) is 8.22. The summed E-state index contributed by atoms with van der Waals surface area (Å²) in [5, 5.41) is 12.0. The Balaban J connectivity index is 1.37. The molecule has 0 aromatic carbocycles. The highest BCUT2D eigenvalue weighted by Crippen LogP contribution is 2.15. The number of hydrogen-bond acceptors (Lipinski definition) is 7. The molecule has 24 heavy (non-hydrogen) atoms. The van der Waals surface area contributed by atoms with E-state index in [1.54, 1.807) is 6.20 Å². The number of pyridine rings is 1. The first-order chi connectivity index (χ1) is 11.8. The van der Waals surface area contributed by atoms with Crippen molar-refractivity contribution in [2.75, 3.05) is 0 Å². The van der Waals surface area contributed by atoms with Crippen LogP contribution in [0.4, 0.5) is 0 Å². The second-order valence-corrected chi connectivity index (χ2v) is 5.82. The summed E-state index contributed by atoms with van der Waals surface area (Å²) in [6.45, 7) is 3.44. The second kappa shape index (κ2) is 6.48. The minimum Gasteiger partial charge on any atom is -0.337 e. The van der Waals surface area contributed by atoms with Gasteiger partial charge in [0.1, 0.15) is 11.5 Å². The lowest BCUT2D eigenvalue weighted by Crippen LogP contribution is -2.37. The highest BCUT2D eigenvalue weighted by Gasteiger charge is 2.21. The molecule has 8 heteroatoms. The van der Waals surface area contributed by atoms with E-state index in [0.29, 0.717) is 30.0 Å². The molecule has 1 aliphatic rings. The minimum atomic E-state index is 0.328. The van der Waals surface area contributed by atoms with E-state index in [0.717, 1.165) is 37.5 Å². The van der Waals surface area contributed by atoms with Gasteiger partial charge in [0, 0.05) is 25.1 Å². The van der Waals surface area contributed by atoms with Crippen molar-refractivity contribution in [3.8, 4) is 11.5 Å². The molecule has 4 heterocycles. The van der Waals surface area contributed by atoms with E-state index in [2.05, 4.69) is 37.4 Å². The quantitative estimate of drug-likeness (QED) is 0.757. The molecule has 0 bridgehead atoms. The molecule has 4 rings (SSSR count). The van der Waals surface area contributed by atoms with Gasteiger partial charge in [-0.1, -0.05) is 18.1 Å². The summed E-state index contributed by atoms with van der Waals surface area (Å²) in [5.41, 5.74) is 0.713. The van der Waals surface area contributed by atoms with Crippen molar-refractivity contribution in [2.45, 2.75) is 45.3 Å². The molecule has 3 aromatic rings. The first-order valence-corrected chi connectivity index (χ1v) is 8.22. The van der Waals surface area contributed by atoms with E-state index in [1.165, 1.54) is 0 Å². The maximum atomic E-state index is 5.30. The average molecular weight is 325 g/mol. The molecule has 3 aromatic heterocycles. The lowest BCUT2D eigenvalue weighted by Gasteiger charge is -2.22. The van der Waals surface area contributed by atoms with Gasteiger partial charge in [-0.2, -0.15) is 10.1 Å². The largest absolute Gasteiger partial charge is 0.337 e. The van der Waals surface area contributed by atoms with E-state index in [1.807, 2.05) is 22.9 Å². The predicted molar refractivity (Wildman–Crippen MR) is 85.9 cm³/mol. The molecule has 0 saturated heterocycles. The van der Waals surface area contributed by atoms with Crippen molar-refractivity contribution in [1.82, 2.24) is 35.2 Å². The van der Waals surface area contributed by atoms with E-state index in [9.17, 15) is 0 Å². The maximum absolute atomic E-state index is 5.30. The van der Waals surface area contributed by atoms with Crippen LogP contribution in [0.25, 0.3) is 11.5 Å². The summed E-state index contributed by atoms with van der Waals surface area (Å²) in [6.07, 6.45) is 4.55. The second-order valence-electron chi connectivity index (χ2n) is 5.82. The molecule has 0 unspecified atom stereocenters. The molecular weight excluding hydrogens is 306 g/mol. The zero-order valence-electron chi connectivity index (χ0n) is 13.5. The fraction of sp³-hybridized carbons (Fsp3) is 0.438. The summed E-state index contributed by atoms with van der Waals surface area (Å²) in [7, 11) is 0. The van der Waals surface area contributed by atoms with Crippen molar-refractivity contribution in [3.05, 3.63) is 41.9 Å². The van der Waals surface area contributed by atoms with E-state index < -0.39 is 0 Å². The van der Waals surface area contributed by atoms with Crippen LogP contribution in [0.2, 0.25) is 0 Å². The smallest absolute Gasteiger partial charge is 0.240 e. The van der Waals surface area contributed by atoms with Crippen LogP contribution < -0.4 is 5.32 Å². The highest BCUT2D eigenvalue weighted by atomic mass is 16.5. The van der Waals surface area contributed by atoms with Gasteiger partial charge < -0.3 is 9.84 Å². The lowest BCUT2D eigenvalue weighted by molar-refractivity contribution is 0.320. The molecule has 1 aliphatic heterocycles. The Morgan fingerprint density at radius 1 is 1.33 bits per heavy atom. The van der Waals surface area contributed by atoms with E-state index in [-0.39, 0.29) is 0 Å². The topological polar surface area (TPSA) is 94.6 Å². The fourth-order valence-corrected chi connectivity index (χ4v) is 2.83. The van der Waals surface area contributed by atoms with Crippen LogP contribution in [0, 0.1) is 0 Å². The molecular formula is C16H19N7O. The molecule has 0 saturated carbocycles. The van der Waals surface area contributed by atoms with Crippen LogP contribution in [-0.2, 0) is 25.9 Å². The Morgan fingerprint density at radius 3 is 3.12 bits per heavy atom. The predicted octanol–water partition coefficient (Wildman–Crippen LogP) is 1.39. The van der Waals surface area contributed by atoms with E-state index in [4.69, 9.17) is 4.52 Å². The zero-order valence-corrected chi connectivity index (χ0v) is 13.5. The molecule has 0 aliphatic carbocycles. The van der Waals surface area contributed by atoms with Gasteiger partial charge in [0.25, 0.3) is 0 Å². The SMILES string of the molecule is CCc1nc2n(n1)C[C@@H](NCc1nc(-c3ccccn3)no1)CC2. The van der Waals surface area contributed by atoms with Gasteiger partial charge in [0.15, 0.2) is 5.82 Å². The van der Waals surface area contributed by atoms with Gasteiger partial charge in [-0.05, 0) is 18.6 Å². The van der Waals surface area contributed by atoms with Crippen LogP contribution in [0.3, 0.4) is 0 Å². The van der Waals surface area contributed by atoms with Gasteiger partial charge in [0.05, 0.1) is 13.1 Å². The number of rotatable bonds is 5. The molecule has 0 spiro atoms. The molecule has 1 N–H and O–H groups in total. The van der Waals surface area contributed by atoms with Gasteiger partial charge in [-0.3, -0.25) is 4.98 Å². The molecule has 0 fully saturated rings. The van der Waals surface area contributed by atoms with Crippen LogP contribution >= 0.6 is 0 Å². The number of hydrogen-bond donors (Lipinski definition) is 1. The van der Waals surface area contributed by atoms with Gasteiger partial charge in [-0.25, -0.2) is 9.67 Å². The summed E-state index contributed by atoms with van der Waals surface area (Å²) >= 11 is 0. The third-order valence-corrected chi connectivity index (χ3v) is 4.12.